The van der Waals surface area contributed by atoms with Gasteiger partial charge in [-0.2, -0.15) is 13.2 Å². The summed E-state index contributed by atoms with van der Waals surface area (Å²) in [7, 11) is 0. The number of alkyl halides is 3. The van der Waals surface area contributed by atoms with Crippen molar-refractivity contribution in [3.8, 4) is 5.75 Å². The van der Waals surface area contributed by atoms with Crippen LogP contribution in [-0.4, -0.2) is 23.9 Å². The van der Waals surface area contributed by atoms with Crippen LogP contribution in [0.1, 0.15) is 88.2 Å². The summed E-state index contributed by atoms with van der Waals surface area (Å²) in [5.74, 6) is 1.03. The minimum Gasteiger partial charge on any atom is -0.485 e. The van der Waals surface area contributed by atoms with E-state index in [4.69, 9.17) is 4.74 Å². The molecule has 3 atom stereocenters. The van der Waals surface area contributed by atoms with Gasteiger partial charge in [0.05, 0.1) is 11.5 Å². The fourth-order valence-electron chi connectivity index (χ4n) is 6.67. The molecule has 1 amide bonds. The molecule has 42 heavy (non-hydrogen) atoms. The van der Waals surface area contributed by atoms with Crippen LogP contribution in [-0.2, 0) is 17.4 Å². The van der Waals surface area contributed by atoms with Gasteiger partial charge in [-0.1, -0.05) is 82.3 Å². The van der Waals surface area contributed by atoms with Crippen LogP contribution in [0.15, 0.2) is 78.9 Å². The number of hydrogen-bond acceptors (Lipinski definition) is 2. The van der Waals surface area contributed by atoms with Gasteiger partial charge in [-0.25, -0.2) is 0 Å². The van der Waals surface area contributed by atoms with Gasteiger partial charge in [0, 0.05) is 18.5 Å². The number of benzene rings is 3. The van der Waals surface area contributed by atoms with Crippen molar-refractivity contribution in [3.63, 3.8) is 0 Å². The molecule has 0 N–H and O–H groups in total. The number of carbonyl (C=O) groups excluding carboxylic acids is 1. The summed E-state index contributed by atoms with van der Waals surface area (Å²) in [5.41, 5.74) is 2.14. The molecule has 3 aromatic rings. The first kappa shape index (κ1) is 31.7. The Balaban J connectivity index is 1.69. The van der Waals surface area contributed by atoms with Gasteiger partial charge in [-0.15, -0.1) is 0 Å². The lowest BCUT2D eigenvalue weighted by Crippen LogP contribution is -2.51. The van der Waals surface area contributed by atoms with Crippen LogP contribution in [0.2, 0.25) is 0 Å². The van der Waals surface area contributed by atoms with E-state index in [1.165, 1.54) is 17.7 Å². The third-order valence-corrected chi connectivity index (χ3v) is 8.35. The van der Waals surface area contributed by atoms with Crippen molar-refractivity contribution >= 4 is 5.91 Å². The van der Waals surface area contributed by atoms with Gasteiger partial charge in [0.25, 0.3) is 0 Å². The van der Waals surface area contributed by atoms with Crippen molar-refractivity contribution < 1.29 is 22.7 Å². The fraction of sp³-hybridized carbons (Fsp3) is 0.472. The highest BCUT2D eigenvalue weighted by Crippen LogP contribution is 2.49. The quantitative estimate of drug-likeness (QED) is 0.239. The van der Waals surface area contributed by atoms with E-state index in [1.807, 2.05) is 54.3 Å². The topological polar surface area (TPSA) is 29.5 Å². The molecule has 1 heterocycles. The third-order valence-electron chi connectivity index (χ3n) is 8.35. The maximum absolute atomic E-state index is 14.1. The number of hydrogen-bond donors (Lipinski definition) is 0. The Morgan fingerprint density at radius 3 is 2.14 bits per heavy atom. The lowest BCUT2D eigenvalue weighted by molar-refractivity contribution is -0.139. The predicted octanol–water partition coefficient (Wildman–Crippen LogP) is 9.48. The smallest absolute Gasteiger partial charge is 0.416 e. The molecular formula is C36H44F3NO2. The van der Waals surface area contributed by atoms with E-state index >= 15 is 0 Å². The zero-order valence-electron chi connectivity index (χ0n) is 25.5. The second-order valence-corrected chi connectivity index (χ2v) is 12.8. The van der Waals surface area contributed by atoms with Crippen molar-refractivity contribution in [3.05, 3.63) is 101 Å². The van der Waals surface area contributed by atoms with Crippen molar-refractivity contribution in [2.75, 3.05) is 13.1 Å². The summed E-state index contributed by atoms with van der Waals surface area (Å²) in [6, 6.07) is 23.1. The van der Waals surface area contributed by atoms with Crippen molar-refractivity contribution in [1.82, 2.24) is 4.90 Å². The molecule has 6 heteroatoms. The van der Waals surface area contributed by atoms with E-state index in [-0.39, 0.29) is 11.8 Å². The lowest BCUT2D eigenvalue weighted by Gasteiger charge is -2.48. The fourth-order valence-corrected chi connectivity index (χ4v) is 6.67. The normalized spacial score (nSPS) is 19.1. The Morgan fingerprint density at radius 2 is 1.52 bits per heavy atom. The van der Waals surface area contributed by atoms with Crippen LogP contribution < -0.4 is 4.74 Å². The minimum atomic E-state index is -4.41. The Morgan fingerprint density at radius 1 is 0.881 bits per heavy atom. The van der Waals surface area contributed by atoms with Crippen LogP contribution in [0.5, 0.6) is 5.75 Å². The molecule has 0 aromatic heterocycles. The third kappa shape index (κ3) is 7.56. The van der Waals surface area contributed by atoms with Gasteiger partial charge in [0.15, 0.2) is 0 Å². The number of carbonyl (C=O) groups is 1. The van der Waals surface area contributed by atoms with Gasteiger partial charge in [0.1, 0.15) is 11.9 Å². The van der Waals surface area contributed by atoms with E-state index < -0.39 is 23.3 Å². The zero-order valence-corrected chi connectivity index (χ0v) is 25.5. The Hall–Kier alpha value is -3.28. The van der Waals surface area contributed by atoms with Crippen LogP contribution in [0.3, 0.4) is 0 Å². The SMILES string of the molecule is CC(C)Cc1ccccc1C(C)C(=O)N1CCCC(CC(C)C)(C(Oc2ccc(C(F)(F)F)cc2)c2ccccc2)C1. The number of nitrogens with zero attached hydrogens (tertiary/aromatic N) is 1. The molecular weight excluding hydrogens is 535 g/mol. The average Bonchev–Trinajstić information content (AvgIpc) is 2.95. The minimum absolute atomic E-state index is 0.111. The molecule has 1 fully saturated rings. The maximum Gasteiger partial charge on any atom is 0.416 e. The van der Waals surface area contributed by atoms with Crippen LogP contribution in [0.25, 0.3) is 0 Å². The highest BCUT2D eigenvalue weighted by Gasteiger charge is 2.46. The van der Waals surface area contributed by atoms with E-state index in [0.717, 1.165) is 48.9 Å². The summed E-state index contributed by atoms with van der Waals surface area (Å²) in [5, 5.41) is 0. The summed E-state index contributed by atoms with van der Waals surface area (Å²) in [4.78, 5) is 16.1. The van der Waals surface area contributed by atoms with Gasteiger partial charge in [-0.3, -0.25) is 4.79 Å². The van der Waals surface area contributed by atoms with E-state index in [2.05, 4.69) is 39.8 Å². The molecule has 0 aliphatic carbocycles. The van der Waals surface area contributed by atoms with E-state index in [1.54, 1.807) is 0 Å². The Labute approximate surface area is 249 Å². The number of piperidine rings is 1. The summed E-state index contributed by atoms with van der Waals surface area (Å²) < 4.78 is 46.4. The van der Waals surface area contributed by atoms with Gasteiger partial charge in [-0.05, 0) is 85.4 Å². The average molecular weight is 580 g/mol. The highest BCUT2D eigenvalue weighted by atomic mass is 19.4. The maximum atomic E-state index is 14.1. The molecule has 0 spiro atoms. The molecule has 1 aliphatic rings. The molecule has 3 aromatic carbocycles. The first-order valence-electron chi connectivity index (χ1n) is 15.1. The van der Waals surface area contributed by atoms with Crippen LogP contribution >= 0.6 is 0 Å². The highest BCUT2D eigenvalue weighted by molar-refractivity contribution is 5.84. The number of rotatable bonds is 10. The number of ether oxygens (including phenoxy) is 1. The monoisotopic (exact) mass is 579 g/mol. The Kier molecular flexibility index (Phi) is 10.1. The lowest BCUT2D eigenvalue weighted by atomic mass is 9.68. The summed E-state index contributed by atoms with van der Waals surface area (Å²) in [6.45, 7) is 11.9. The van der Waals surface area contributed by atoms with Gasteiger partial charge < -0.3 is 9.64 Å². The molecule has 0 saturated carbocycles. The molecule has 3 unspecified atom stereocenters. The molecule has 4 rings (SSSR count). The molecule has 226 valence electrons. The standard InChI is InChI=1S/C36H44F3NO2/c1-25(2)22-29-14-9-10-15-32(29)27(5)34(41)40-21-11-20-35(24-40,23-26(3)4)33(28-12-7-6-8-13-28)42-31-18-16-30(17-19-31)36(37,38)39/h6-10,12-19,25-27,33H,11,20-24H2,1-5H3. The number of amides is 1. The number of likely N-dealkylation sites (tertiary alicyclic amines) is 1. The summed E-state index contributed by atoms with van der Waals surface area (Å²) >= 11 is 0. The van der Waals surface area contributed by atoms with E-state index in [9.17, 15) is 18.0 Å². The second kappa shape index (κ2) is 13.4. The van der Waals surface area contributed by atoms with Gasteiger partial charge in [0.2, 0.25) is 5.91 Å². The van der Waals surface area contributed by atoms with Crippen molar-refractivity contribution in [2.45, 2.75) is 78.5 Å². The molecule has 0 radical (unpaired) electrons. The van der Waals surface area contributed by atoms with Crippen LogP contribution in [0, 0.1) is 17.3 Å². The number of halogens is 3. The second-order valence-electron chi connectivity index (χ2n) is 12.8. The van der Waals surface area contributed by atoms with E-state index in [0.29, 0.717) is 30.7 Å². The molecule has 1 saturated heterocycles. The molecule has 1 aliphatic heterocycles. The molecule has 0 bridgehead atoms. The molecule has 3 nitrogen and oxygen atoms in total. The largest absolute Gasteiger partial charge is 0.485 e. The van der Waals surface area contributed by atoms with Crippen molar-refractivity contribution in [2.24, 2.45) is 17.3 Å². The van der Waals surface area contributed by atoms with Gasteiger partial charge >= 0.3 is 6.18 Å². The predicted molar refractivity (Wildman–Crippen MR) is 162 cm³/mol. The first-order chi connectivity index (χ1) is 19.9. The van der Waals surface area contributed by atoms with Crippen molar-refractivity contribution in [1.29, 1.82) is 0 Å². The Bertz CT molecular complexity index is 1300. The zero-order chi connectivity index (χ0) is 30.5. The first-order valence-corrected chi connectivity index (χ1v) is 15.1. The van der Waals surface area contributed by atoms with Crippen LogP contribution in [0.4, 0.5) is 13.2 Å². The summed E-state index contributed by atoms with van der Waals surface area (Å²) in [6.07, 6.45) is -1.43.